The van der Waals surface area contributed by atoms with Gasteiger partial charge in [-0.1, -0.05) is 0 Å². The van der Waals surface area contributed by atoms with Crippen molar-refractivity contribution in [3.8, 4) is 12.1 Å². The van der Waals surface area contributed by atoms with E-state index in [1.165, 1.54) is 14.2 Å². The molecule has 1 heterocycles. The summed E-state index contributed by atoms with van der Waals surface area (Å²) in [7, 11) is 2.97. The predicted octanol–water partition coefficient (Wildman–Crippen LogP) is -0.617. The summed E-state index contributed by atoms with van der Waals surface area (Å²) in [6.07, 6.45) is -0.960. The summed E-state index contributed by atoms with van der Waals surface area (Å²) in [5.74, 6) is 0. The van der Waals surface area contributed by atoms with Gasteiger partial charge in [0, 0.05) is 14.2 Å². The Kier molecular flexibility index (Phi) is 3.29. The van der Waals surface area contributed by atoms with Gasteiger partial charge in [-0.3, -0.25) is 0 Å². The van der Waals surface area contributed by atoms with E-state index < -0.39 is 12.5 Å². The standard InChI is InChI=1S/C8H10N4O2/c1-13-7-8(14-2)12-6(4-10)5(3-9)11-7/h7-8,11-12H,1-2H3. The Morgan fingerprint density at radius 1 is 1.00 bits per heavy atom. The van der Waals surface area contributed by atoms with Gasteiger partial charge in [-0.2, -0.15) is 10.5 Å². The molecule has 2 N–H and O–H groups in total. The van der Waals surface area contributed by atoms with Gasteiger partial charge in [0.25, 0.3) is 0 Å². The van der Waals surface area contributed by atoms with Crippen molar-refractivity contribution in [1.82, 2.24) is 10.6 Å². The van der Waals surface area contributed by atoms with Gasteiger partial charge in [0.2, 0.25) is 0 Å². The van der Waals surface area contributed by atoms with Crippen LogP contribution in [0.2, 0.25) is 0 Å². The van der Waals surface area contributed by atoms with Crippen LogP contribution < -0.4 is 10.6 Å². The minimum Gasteiger partial charge on any atom is -0.357 e. The molecule has 0 aromatic carbocycles. The number of ether oxygens (including phenoxy) is 2. The zero-order chi connectivity index (χ0) is 10.6. The lowest BCUT2D eigenvalue weighted by molar-refractivity contribution is -0.0644. The molecule has 0 aliphatic carbocycles. The van der Waals surface area contributed by atoms with Crippen molar-refractivity contribution in [3.05, 3.63) is 11.4 Å². The first-order valence-corrected chi connectivity index (χ1v) is 3.90. The SMILES string of the molecule is COC1NC(C#N)=C(C#N)NC1OC. The van der Waals surface area contributed by atoms with Crippen LogP contribution >= 0.6 is 0 Å². The van der Waals surface area contributed by atoms with E-state index in [0.29, 0.717) is 0 Å². The van der Waals surface area contributed by atoms with Crippen molar-refractivity contribution in [2.75, 3.05) is 14.2 Å². The van der Waals surface area contributed by atoms with Gasteiger partial charge in [-0.25, -0.2) is 0 Å². The van der Waals surface area contributed by atoms with E-state index in [-0.39, 0.29) is 11.4 Å². The Labute approximate surface area is 81.7 Å². The van der Waals surface area contributed by atoms with E-state index in [4.69, 9.17) is 20.0 Å². The molecular weight excluding hydrogens is 184 g/mol. The molecule has 0 aromatic rings. The second-order valence-corrected chi connectivity index (χ2v) is 2.57. The van der Waals surface area contributed by atoms with E-state index in [9.17, 15) is 0 Å². The van der Waals surface area contributed by atoms with Crippen LogP contribution in [0.15, 0.2) is 11.4 Å². The van der Waals surface area contributed by atoms with Crippen molar-refractivity contribution in [3.63, 3.8) is 0 Å². The van der Waals surface area contributed by atoms with Gasteiger partial charge in [0.1, 0.15) is 23.5 Å². The normalized spacial score (nSPS) is 25.7. The molecule has 1 aliphatic rings. The molecular formula is C8H10N4O2. The molecule has 14 heavy (non-hydrogen) atoms. The fourth-order valence-corrected chi connectivity index (χ4v) is 1.12. The van der Waals surface area contributed by atoms with Crippen LogP contribution in [0.25, 0.3) is 0 Å². The van der Waals surface area contributed by atoms with E-state index in [1.807, 2.05) is 12.1 Å². The number of nitriles is 2. The number of nitrogens with one attached hydrogen (secondary N) is 2. The highest BCUT2D eigenvalue weighted by atomic mass is 16.5. The molecule has 0 radical (unpaired) electrons. The topological polar surface area (TPSA) is 90.1 Å². The lowest BCUT2D eigenvalue weighted by Gasteiger charge is -2.31. The van der Waals surface area contributed by atoms with Crippen LogP contribution in [0.5, 0.6) is 0 Å². The van der Waals surface area contributed by atoms with Crippen molar-refractivity contribution in [2.24, 2.45) is 0 Å². The van der Waals surface area contributed by atoms with E-state index in [0.717, 1.165) is 0 Å². The van der Waals surface area contributed by atoms with Crippen LogP contribution in [-0.2, 0) is 9.47 Å². The van der Waals surface area contributed by atoms with Gasteiger partial charge in [0.05, 0.1) is 0 Å². The molecule has 2 atom stereocenters. The average Bonchev–Trinajstić information content (AvgIpc) is 2.26. The smallest absolute Gasteiger partial charge is 0.173 e. The second kappa shape index (κ2) is 4.47. The molecule has 6 nitrogen and oxygen atoms in total. The molecule has 1 rings (SSSR count). The van der Waals surface area contributed by atoms with Gasteiger partial charge >= 0.3 is 0 Å². The molecule has 6 heteroatoms. The average molecular weight is 194 g/mol. The summed E-state index contributed by atoms with van der Waals surface area (Å²) in [5.41, 5.74) is 0.320. The molecule has 0 saturated heterocycles. The fraction of sp³-hybridized carbons (Fsp3) is 0.500. The number of rotatable bonds is 2. The monoisotopic (exact) mass is 194 g/mol. The Hall–Kier alpha value is -1.76. The quantitative estimate of drug-likeness (QED) is 0.609. The molecule has 0 fully saturated rings. The predicted molar refractivity (Wildman–Crippen MR) is 46.1 cm³/mol. The number of methoxy groups -OCH3 is 2. The second-order valence-electron chi connectivity index (χ2n) is 2.57. The van der Waals surface area contributed by atoms with E-state index in [1.54, 1.807) is 0 Å². The first-order valence-electron chi connectivity index (χ1n) is 3.90. The molecule has 2 unspecified atom stereocenters. The van der Waals surface area contributed by atoms with Gasteiger partial charge in [0.15, 0.2) is 12.5 Å². The third-order valence-corrected chi connectivity index (χ3v) is 1.83. The first-order chi connectivity index (χ1) is 6.76. The van der Waals surface area contributed by atoms with Gasteiger partial charge in [-0.15, -0.1) is 0 Å². The van der Waals surface area contributed by atoms with Crippen molar-refractivity contribution in [2.45, 2.75) is 12.5 Å². The van der Waals surface area contributed by atoms with Crippen LogP contribution in [0.4, 0.5) is 0 Å². The minimum atomic E-state index is -0.480. The highest BCUT2D eigenvalue weighted by Crippen LogP contribution is 2.10. The summed E-state index contributed by atoms with van der Waals surface area (Å²) in [6, 6.07) is 3.72. The zero-order valence-electron chi connectivity index (χ0n) is 7.87. The molecule has 1 aliphatic heterocycles. The molecule has 0 amide bonds. The summed E-state index contributed by atoms with van der Waals surface area (Å²) < 4.78 is 10.1. The first kappa shape index (κ1) is 10.3. The van der Waals surface area contributed by atoms with Crippen LogP contribution in [0.1, 0.15) is 0 Å². The zero-order valence-corrected chi connectivity index (χ0v) is 7.87. The molecule has 0 saturated carbocycles. The lowest BCUT2D eigenvalue weighted by Crippen LogP contribution is -2.54. The molecule has 0 bridgehead atoms. The third-order valence-electron chi connectivity index (χ3n) is 1.83. The lowest BCUT2D eigenvalue weighted by atomic mass is 10.2. The number of hydrogen-bond acceptors (Lipinski definition) is 6. The molecule has 0 spiro atoms. The highest BCUT2D eigenvalue weighted by molar-refractivity contribution is 5.36. The maximum absolute atomic E-state index is 8.71. The Bertz CT molecular complexity index is 293. The number of hydrogen-bond donors (Lipinski definition) is 2. The van der Waals surface area contributed by atoms with Crippen LogP contribution in [0, 0.1) is 22.7 Å². The van der Waals surface area contributed by atoms with E-state index >= 15 is 0 Å². The highest BCUT2D eigenvalue weighted by Gasteiger charge is 2.28. The Morgan fingerprint density at radius 3 is 1.57 bits per heavy atom. The van der Waals surface area contributed by atoms with Gasteiger partial charge < -0.3 is 20.1 Å². The maximum atomic E-state index is 8.71. The third kappa shape index (κ3) is 1.77. The Morgan fingerprint density at radius 2 is 1.36 bits per heavy atom. The van der Waals surface area contributed by atoms with Crippen molar-refractivity contribution >= 4 is 0 Å². The summed E-state index contributed by atoms with van der Waals surface area (Å²) in [5, 5.41) is 22.9. The van der Waals surface area contributed by atoms with E-state index in [2.05, 4.69) is 10.6 Å². The summed E-state index contributed by atoms with van der Waals surface area (Å²) >= 11 is 0. The van der Waals surface area contributed by atoms with Crippen molar-refractivity contribution in [1.29, 1.82) is 10.5 Å². The number of allylic oxidation sites excluding steroid dienone is 2. The maximum Gasteiger partial charge on any atom is 0.173 e. The van der Waals surface area contributed by atoms with Crippen LogP contribution in [0.3, 0.4) is 0 Å². The van der Waals surface area contributed by atoms with Crippen molar-refractivity contribution < 1.29 is 9.47 Å². The number of nitrogens with zero attached hydrogens (tertiary/aromatic N) is 2. The van der Waals surface area contributed by atoms with Crippen LogP contribution in [-0.4, -0.2) is 26.7 Å². The summed E-state index contributed by atoms with van der Waals surface area (Å²) in [4.78, 5) is 0. The molecule has 74 valence electrons. The largest absolute Gasteiger partial charge is 0.357 e. The summed E-state index contributed by atoms with van der Waals surface area (Å²) in [6.45, 7) is 0. The minimum absolute atomic E-state index is 0.160. The Balaban J connectivity index is 2.92. The fourth-order valence-electron chi connectivity index (χ4n) is 1.12. The molecule has 0 aromatic heterocycles. The van der Waals surface area contributed by atoms with Gasteiger partial charge in [-0.05, 0) is 0 Å².